The number of rotatable bonds is 3. The van der Waals surface area contributed by atoms with E-state index in [1.807, 2.05) is 0 Å². The molecule has 0 N–H and O–H groups in total. The molecule has 1 aromatic rings. The highest BCUT2D eigenvalue weighted by molar-refractivity contribution is 7.88. The maximum Gasteiger partial charge on any atom is 0.257 e. The molecule has 3 rings (SSSR count). The number of carbonyl (C=O) groups excluding carboxylic acids is 2. The molecule has 132 valence electrons. The number of piperazine rings is 1. The molecular formula is C15H21N3O5S. The summed E-state index contributed by atoms with van der Waals surface area (Å²) in [6, 6.07) is 1.01. The Labute approximate surface area is 141 Å². The number of hydrogen-bond acceptors (Lipinski definition) is 5. The van der Waals surface area contributed by atoms with Gasteiger partial charge in [0.2, 0.25) is 15.9 Å². The van der Waals surface area contributed by atoms with Crippen molar-refractivity contribution in [2.75, 3.05) is 39.0 Å². The first-order chi connectivity index (χ1) is 11.4. The summed E-state index contributed by atoms with van der Waals surface area (Å²) in [5.74, 6) is -0.275. The average Bonchev–Trinajstić information content (AvgIpc) is 3.24. The van der Waals surface area contributed by atoms with E-state index in [1.165, 1.54) is 16.8 Å². The van der Waals surface area contributed by atoms with Crippen molar-refractivity contribution in [3.05, 3.63) is 24.2 Å². The molecule has 3 heterocycles. The Morgan fingerprint density at radius 3 is 2.38 bits per heavy atom. The standard InChI is InChI=1S/C15H21N3O5S/c1-24(21,22)18-5-2-3-13(18)15(20)17-8-6-16(7-9-17)14(19)12-4-10-23-11-12/h4,10-11,13H,2-3,5-9H2,1H3/t13-/m0/s1. The van der Waals surface area contributed by atoms with Crippen molar-refractivity contribution in [2.45, 2.75) is 18.9 Å². The van der Waals surface area contributed by atoms with Crippen LogP contribution in [0.25, 0.3) is 0 Å². The summed E-state index contributed by atoms with van der Waals surface area (Å²) in [6.45, 7) is 2.09. The summed E-state index contributed by atoms with van der Waals surface area (Å²) in [6.07, 6.45) is 5.25. The highest BCUT2D eigenvalue weighted by atomic mass is 32.2. The molecule has 2 aliphatic heterocycles. The molecule has 0 bridgehead atoms. The maximum absolute atomic E-state index is 12.7. The Morgan fingerprint density at radius 1 is 1.12 bits per heavy atom. The molecule has 9 heteroatoms. The van der Waals surface area contributed by atoms with Gasteiger partial charge in [-0.1, -0.05) is 0 Å². The lowest BCUT2D eigenvalue weighted by atomic mass is 10.1. The molecule has 1 aromatic heterocycles. The summed E-state index contributed by atoms with van der Waals surface area (Å²) < 4.78 is 29.8. The monoisotopic (exact) mass is 355 g/mol. The fourth-order valence-electron chi connectivity index (χ4n) is 3.29. The second-order valence-electron chi connectivity index (χ2n) is 6.16. The summed E-state index contributed by atoms with van der Waals surface area (Å²) >= 11 is 0. The number of nitrogens with zero attached hydrogens (tertiary/aromatic N) is 3. The lowest BCUT2D eigenvalue weighted by molar-refractivity contribution is -0.136. The van der Waals surface area contributed by atoms with Crippen molar-refractivity contribution in [3.8, 4) is 0 Å². The molecule has 0 spiro atoms. The minimum Gasteiger partial charge on any atom is -0.472 e. The second-order valence-corrected chi connectivity index (χ2v) is 8.10. The van der Waals surface area contributed by atoms with Gasteiger partial charge >= 0.3 is 0 Å². The molecule has 24 heavy (non-hydrogen) atoms. The van der Waals surface area contributed by atoms with E-state index >= 15 is 0 Å². The third kappa shape index (κ3) is 3.32. The fraction of sp³-hybridized carbons (Fsp3) is 0.600. The van der Waals surface area contributed by atoms with E-state index < -0.39 is 16.1 Å². The van der Waals surface area contributed by atoms with Crippen molar-refractivity contribution in [1.82, 2.24) is 14.1 Å². The SMILES string of the molecule is CS(=O)(=O)N1CCC[C@H]1C(=O)N1CCN(C(=O)c2ccoc2)CC1. The summed E-state index contributed by atoms with van der Waals surface area (Å²) in [5.41, 5.74) is 0.494. The topological polar surface area (TPSA) is 91.1 Å². The largest absolute Gasteiger partial charge is 0.472 e. The zero-order valence-electron chi connectivity index (χ0n) is 13.6. The minimum atomic E-state index is -3.38. The zero-order valence-corrected chi connectivity index (χ0v) is 14.4. The molecule has 0 radical (unpaired) electrons. The predicted octanol–water partition coefficient (Wildman–Crippen LogP) is -0.0120. The van der Waals surface area contributed by atoms with Gasteiger partial charge in [-0.2, -0.15) is 4.31 Å². The van der Waals surface area contributed by atoms with Crippen LogP contribution in [0.5, 0.6) is 0 Å². The average molecular weight is 355 g/mol. The number of sulfonamides is 1. The van der Waals surface area contributed by atoms with Gasteiger partial charge in [-0.3, -0.25) is 9.59 Å². The van der Waals surface area contributed by atoms with Gasteiger partial charge in [0.25, 0.3) is 5.91 Å². The van der Waals surface area contributed by atoms with Crippen molar-refractivity contribution in [1.29, 1.82) is 0 Å². The van der Waals surface area contributed by atoms with E-state index in [4.69, 9.17) is 4.42 Å². The summed E-state index contributed by atoms with van der Waals surface area (Å²) in [7, 11) is -3.38. The smallest absolute Gasteiger partial charge is 0.257 e. The minimum absolute atomic E-state index is 0.116. The molecule has 0 aromatic carbocycles. The number of hydrogen-bond donors (Lipinski definition) is 0. The van der Waals surface area contributed by atoms with E-state index in [0.29, 0.717) is 51.1 Å². The van der Waals surface area contributed by atoms with Crippen LogP contribution < -0.4 is 0 Å². The molecule has 0 saturated carbocycles. The molecule has 1 atom stereocenters. The molecule has 2 saturated heterocycles. The van der Waals surface area contributed by atoms with Crippen LogP contribution in [0.3, 0.4) is 0 Å². The first kappa shape index (κ1) is 17.0. The van der Waals surface area contributed by atoms with Crippen LogP contribution in [-0.4, -0.2) is 79.4 Å². The van der Waals surface area contributed by atoms with Crippen LogP contribution in [0.2, 0.25) is 0 Å². The zero-order chi connectivity index (χ0) is 17.3. The van der Waals surface area contributed by atoms with Gasteiger partial charge in [0, 0.05) is 32.7 Å². The molecule has 0 aliphatic carbocycles. The maximum atomic E-state index is 12.7. The van der Waals surface area contributed by atoms with E-state index in [1.54, 1.807) is 15.9 Å². The summed E-state index contributed by atoms with van der Waals surface area (Å²) in [4.78, 5) is 28.3. The lowest BCUT2D eigenvalue weighted by Gasteiger charge is -2.36. The Morgan fingerprint density at radius 2 is 1.79 bits per heavy atom. The van der Waals surface area contributed by atoms with Crippen LogP contribution >= 0.6 is 0 Å². The second kappa shape index (κ2) is 6.56. The normalized spacial score (nSPS) is 22.8. The number of amides is 2. The van der Waals surface area contributed by atoms with Crippen LogP contribution in [0.4, 0.5) is 0 Å². The van der Waals surface area contributed by atoms with E-state index in [9.17, 15) is 18.0 Å². The highest BCUT2D eigenvalue weighted by Crippen LogP contribution is 2.23. The van der Waals surface area contributed by atoms with E-state index in [0.717, 1.165) is 6.26 Å². The van der Waals surface area contributed by atoms with Crippen LogP contribution in [0.15, 0.2) is 23.0 Å². The van der Waals surface area contributed by atoms with Gasteiger partial charge in [0.05, 0.1) is 18.1 Å². The van der Waals surface area contributed by atoms with Crippen LogP contribution in [-0.2, 0) is 14.8 Å². The van der Waals surface area contributed by atoms with Gasteiger partial charge in [0.1, 0.15) is 12.3 Å². The molecule has 0 unspecified atom stereocenters. The van der Waals surface area contributed by atoms with Crippen LogP contribution in [0, 0.1) is 0 Å². The van der Waals surface area contributed by atoms with Gasteiger partial charge in [0.15, 0.2) is 0 Å². The number of carbonyl (C=O) groups is 2. The third-order valence-electron chi connectivity index (χ3n) is 4.56. The molecular weight excluding hydrogens is 334 g/mol. The van der Waals surface area contributed by atoms with Gasteiger partial charge < -0.3 is 14.2 Å². The van der Waals surface area contributed by atoms with Gasteiger partial charge in [-0.25, -0.2) is 8.42 Å². The Hall–Kier alpha value is -1.87. The van der Waals surface area contributed by atoms with E-state index in [-0.39, 0.29) is 11.8 Å². The van der Waals surface area contributed by atoms with Crippen molar-refractivity contribution in [2.24, 2.45) is 0 Å². The van der Waals surface area contributed by atoms with Crippen molar-refractivity contribution >= 4 is 21.8 Å². The predicted molar refractivity (Wildman–Crippen MR) is 85.8 cm³/mol. The molecule has 2 amide bonds. The van der Waals surface area contributed by atoms with Crippen LogP contribution in [0.1, 0.15) is 23.2 Å². The molecule has 2 aliphatic rings. The quantitative estimate of drug-likeness (QED) is 0.760. The Balaban J connectivity index is 1.60. The Bertz CT molecular complexity index is 707. The van der Waals surface area contributed by atoms with Gasteiger partial charge in [-0.05, 0) is 18.9 Å². The van der Waals surface area contributed by atoms with Gasteiger partial charge in [-0.15, -0.1) is 0 Å². The molecule has 2 fully saturated rings. The van der Waals surface area contributed by atoms with Crippen molar-refractivity contribution < 1.29 is 22.4 Å². The first-order valence-electron chi connectivity index (χ1n) is 7.95. The lowest BCUT2D eigenvalue weighted by Crippen LogP contribution is -2.55. The molecule has 8 nitrogen and oxygen atoms in total. The van der Waals surface area contributed by atoms with Crippen molar-refractivity contribution in [3.63, 3.8) is 0 Å². The van der Waals surface area contributed by atoms with E-state index in [2.05, 4.69) is 0 Å². The summed E-state index contributed by atoms with van der Waals surface area (Å²) in [5, 5.41) is 0. The Kier molecular flexibility index (Phi) is 4.64. The third-order valence-corrected chi connectivity index (χ3v) is 5.85. The fourth-order valence-corrected chi connectivity index (χ4v) is 4.41. The first-order valence-corrected chi connectivity index (χ1v) is 9.80. The highest BCUT2D eigenvalue weighted by Gasteiger charge is 2.39. The number of furan rings is 1.